The topological polar surface area (TPSA) is 46.1 Å². The molecule has 0 aliphatic carbocycles. The highest BCUT2D eigenvalue weighted by molar-refractivity contribution is 14.0. The van der Waals surface area contributed by atoms with E-state index in [9.17, 15) is 0 Å². The number of benzene rings is 1. The summed E-state index contributed by atoms with van der Waals surface area (Å²) in [5.41, 5.74) is 0. The first kappa shape index (κ1) is 22.0. The third-order valence-corrected chi connectivity index (χ3v) is 4.40. The van der Waals surface area contributed by atoms with Crippen molar-refractivity contribution in [3.63, 3.8) is 0 Å². The Morgan fingerprint density at radius 2 is 2.00 bits per heavy atom. The summed E-state index contributed by atoms with van der Waals surface area (Å²) in [7, 11) is 3.95. The molecular weight excluding hydrogens is 429 g/mol. The smallest absolute Gasteiger partial charge is 0.193 e. The Bertz CT molecular complexity index is 479. The van der Waals surface area contributed by atoms with Crippen LogP contribution in [0.2, 0.25) is 0 Å². The van der Waals surface area contributed by atoms with Crippen molar-refractivity contribution in [3.8, 4) is 5.75 Å². The van der Waals surface area contributed by atoms with Crippen LogP contribution in [0.4, 0.5) is 0 Å². The van der Waals surface area contributed by atoms with Crippen molar-refractivity contribution in [2.75, 3.05) is 47.0 Å². The predicted octanol–water partition coefficient (Wildman–Crippen LogP) is 3.40. The molecule has 1 fully saturated rings. The zero-order chi connectivity index (χ0) is 17.0. The van der Waals surface area contributed by atoms with Crippen LogP contribution in [0, 0.1) is 5.92 Å². The average Bonchev–Trinajstić information content (AvgIpc) is 2.64. The van der Waals surface area contributed by atoms with Crippen molar-refractivity contribution in [1.82, 2.24) is 10.2 Å². The van der Waals surface area contributed by atoms with E-state index < -0.39 is 0 Å². The van der Waals surface area contributed by atoms with Gasteiger partial charge in [0.15, 0.2) is 5.96 Å². The van der Waals surface area contributed by atoms with E-state index >= 15 is 0 Å². The zero-order valence-electron chi connectivity index (χ0n) is 15.4. The van der Waals surface area contributed by atoms with E-state index in [0.29, 0.717) is 6.61 Å². The Hall–Kier alpha value is -1.02. The van der Waals surface area contributed by atoms with Gasteiger partial charge >= 0.3 is 0 Å². The second-order valence-electron chi connectivity index (χ2n) is 6.26. The fourth-order valence-corrected chi connectivity index (χ4v) is 2.88. The molecule has 0 spiro atoms. The molecule has 1 aliphatic heterocycles. The molecule has 6 heteroatoms. The SMILES string of the molecule is CN=C(NCCCOc1ccccc1)N(C)CCC1CCOCC1.I. The molecule has 0 unspecified atom stereocenters. The monoisotopic (exact) mass is 461 g/mol. The van der Waals surface area contributed by atoms with Crippen LogP contribution in [0.25, 0.3) is 0 Å². The Kier molecular flexibility index (Phi) is 11.6. The molecular formula is C19H32IN3O2. The number of ether oxygens (including phenoxy) is 2. The number of halogens is 1. The van der Waals surface area contributed by atoms with Gasteiger partial charge in [-0.25, -0.2) is 0 Å². The molecule has 0 saturated carbocycles. The number of aliphatic imine (C=N–C) groups is 1. The third kappa shape index (κ3) is 8.76. The Labute approximate surface area is 169 Å². The standard InChI is InChI=1S/C19H31N3O2.HI/c1-20-19(22(2)13-9-17-10-15-23-16-11-17)21-12-6-14-24-18-7-4-3-5-8-18;/h3-5,7-8,17H,6,9-16H2,1-2H3,(H,20,21);1H. The molecule has 1 aliphatic rings. The molecule has 1 N–H and O–H groups in total. The average molecular weight is 461 g/mol. The van der Waals surface area contributed by atoms with Gasteiger partial charge in [-0.1, -0.05) is 18.2 Å². The number of para-hydroxylation sites is 1. The zero-order valence-corrected chi connectivity index (χ0v) is 17.8. The lowest BCUT2D eigenvalue weighted by molar-refractivity contribution is 0.0625. The normalized spacial score (nSPS) is 15.4. The first-order chi connectivity index (χ1) is 11.8. The van der Waals surface area contributed by atoms with E-state index in [1.165, 1.54) is 19.3 Å². The molecule has 5 nitrogen and oxygen atoms in total. The highest BCUT2D eigenvalue weighted by Gasteiger charge is 2.15. The summed E-state index contributed by atoms with van der Waals surface area (Å²) in [5.74, 6) is 2.68. The van der Waals surface area contributed by atoms with Gasteiger partial charge in [0.05, 0.1) is 6.61 Å². The highest BCUT2D eigenvalue weighted by atomic mass is 127. The maximum Gasteiger partial charge on any atom is 0.193 e. The lowest BCUT2D eigenvalue weighted by atomic mass is 9.96. The van der Waals surface area contributed by atoms with Gasteiger partial charge in [0.1, 0.15) is 5.75 Å². The van der Waals surface area contributed by atoms with Crippen LogP contribution in [0.1, 0.15) is 25.7 Å². The predicted molar refractivity (Wildman–Crippen MR) is 114 cm³/mol. The summed E-state index contributed by atoms with van der Waals surface area (Å²) in [6, 6.07) is 9.94. The van der Waals surface area contributed by atoms with Gasteiger partial charge in [-0.05, 0) is 43.7 Å². The summed E-state index contributed by atoms with van der Waals surface area (Å²) in [6.45, 7) is 4.44. The first-order valence-electron chi connectivity index (χ1n) is 8.97. The molecule has 1 aromatic carbocycles. The summed E-state index contributed by atoms with van der Waals surface area (Å²) >= 11 is 0. The van der Waals surface area contributed by atoms with Crippen molar-refractivity contribution in [3.05, 3.63) is 30.3 Å². The summed E-state index contributed by atoms with van der Waals surface area (Å²) in [4.78, 5) is 6.59. The molecule has 0 atom stereocenters. The van der Waals surface area contributed by atoms with Crippen molar-refractivity contribution < 1.29 is 9.47 Å². The first-order valence-corrected chi connectivity index (χ1v) is 8.97. The minimum absolute atomic E-state index is 0. The maximum atomic E-state index is 5.70. The summed E-state index contributed by atoms with van der Waals surface area (Å²) in [5, 5.41) is 3.41. The second kappa shape index (κ2) is 13.2. The molecule has 0 bridgehead atoms. The molecule has 1 aromatic rings. The minimum atomic E-state index is 0. The van der Waals surface area contributed by atoms with Crippen LogP contribution < -0.4 is 10.1 Å². The number of hydrogen-bond acceptors (Lipinski definition) is 3. The van der Waals surface area contributed by atoms with Crippen LogP contribution in [0.15, 0.2) is 35.3 Å². The van der Waals surface area contributed by atoms with E-state index in [1.807, 2.05) is 37.4 Å². The van der Waals surface area contributed by atoms with Crippen LogP contribution in [0.5, 0.6) is 5.75 Å². The fraction of sp³-hybridized carbons (Fsp3) is 0.632. The molecule has 0 amide bonds. The number of guanidine groups is 1. The Morgan fingerprint density at radius 1 is 1.28 bits per heavy atom. The lowest BCUT2D eigenvalue weighted by Crippen LogP contribution is -2.40. The summed E-state index contributed by atoms with van der Waals surface area (Å²) < 4.78 is 11.1. The minimum Gasteiger partial charge on any atom is -0.494 e. The molecule has 142 valence electrons. The van der Waals surface area contributed by atoms with Crippen molar-refractivity contribution in [2.45, 2.75) is 25.7 Å². The van der Waals surface area contributed by atoms with E-state index in [2.05, 4.69) is 22.3 Å². The maximum absolute atomic E-state index is 5.70. The van der Waals surface area contributed by atoms with Crippen LogP contribution in [-0.4, -0.2) is 57.9 Å². The lowest BCUT2D eigenvalue weighted by Gasteiger charge is -2.26. The van der Waals surface area contributed by atoms with E-state index in [-0.39, 0.29) is 24.0 Å². The number of rotatable bonds is 8. The molecule has 0 radical (unpaired) electrons. The van der Waals surface area contributed by atoms with Crippen molar-refractivity contribution >= 4 is 29.9 Å². The van der Waals surface area contributed by atoms with E-state index in [0.717, 1.165) is 50.4 Å². The highest BCUT2D eigenvalue weighted by Crippen LogP contribution is 2.18. The number of nitrogens with one attached hydrogen (secondary N) is 1. The molecule has 2 rings (SSSR count). The molecule has 1 saturated heterocycles. The van der Waals surface area contributed by atoms with Gasteiger partial charge in [-0.3, -0.25) is 4.99 Å². The van der Waals surface area contributed by atoms with E-state index in [1.54, 1.807) is 0 Å². The van der Waals surface area contributed by atoms with Crippen LogP contribution >= 0.6 is 24.0 Å². The van der Waals surface area contributed by atoms with Crippen LogP contribution in [0.3, 0.4) is 0 Å². The van der Waals surface area contributed by atoms with Gasteiger partial charge in [0.2, 0.25) is 0 Å². The summed E-state index contributed by atoms with van der Waals surface area (Å²) in [6.07, 6.45) is 4.53. The van der Waals surface area contributed by atoms with Crippen LogP contribution in [-0.2, 0) is 4.74 Å². The quantitative estimate of drug-likeness (QED) is 0.279. The Morgan fingerprint density at radius 3 is 2.68 bits per heavy atom. The van der Waals surface area contributed by atoms with Gasteiger partial charge in [0.25, 0.3) is 0 Å². The molecule has 0 aromatic heterocycles. The van der Waals surface area contributed by atoms with E-state index in [4.69, 9.17) is 9.47 Å². The largest absolute Gasteiger partial charge is 0.494 e. The van der Waals surface area contributed by atoms with Gasteiger partial charge in [0, 0.05) is 40.4 Å². The molecule has 1 heterocycles. The van der Waals surface area contributed by atoms with Gasteiger partial charge in [-0.15, -0.1) is 24.0 Å². The Balaban J connectivity index is 0.00000312. The van der Waals surface area contributed by atoms with Crippen molar-refractivity contribution in [1.29, 1.82) is 0 Å². The second-order valence-corrected chi connectivity index (χ2v) is 6.26. The van der Waals surface area contributed by atoms with Gasteiger partial charge < -0.3 is 19.7 Å². The third-order valence-electron chi connectivity index (χ3n) is 4.40. The van der Waals surface area contributed by atoms with Crippen molar-refractivity contribution in [2.24, 2.45) is 10.9 Å². The fourth-order valence-electron chi connectivity index (χ4n) is 2.88. The molecule has 25 heavy (non-hydrogen) atoms. The number of nitrogens with zero attached hydrogens (tertiary/aromatic N) is 2. The number of hydrogen-bond donors (Lipinski definition) is 1. The van der Waals surface area contributed by atoms with Gasteiger partial charge in [-0.2, -0.15) is 0 Å².